The van der Waals surface area contributed by atoms with Crippen LogP contribution in [0.4, 0.5) is 20.5 Å². The second-order valence-corrected chi connectivity index (χ2v) is 7.24. The minimum absolute atomic E-state index is 0.269. The SMILES string of the molecule is CCC(F)(F)C[C@H](CO)Nc1nc(NCc2ccc(OC)cc2OC)nc2cccnc12. The zero-order valence-corrected chi connectivity index (χ0v) is 18.2. The quantitative estimate of drug-likeness (QED) is 0.407. The molecular weight excluding hydrogens is 420 g/mol. The predicted octanol–water partition coefficient (Wildman–Crippen LogP) is 3.86. The second kappa shape index (κ2) is 10.4. The smallest absolute Gasteiger partial charge is 0.249 e. The van der Waals surface area contributed by atoms with Crippen molar-refractivity contribution in [1.82, 2.24) is 15.0 Å². The molecule has 1 aromatic carbocycles. The molecule has 0 aliphatic heterocycles. The van der Waals surface area contributed by atoms with E-state index in [0.717, 1.165) is 5.56 Å². The summed E-state index contributed by atoms with van der Waals surface area (Å²) in [5, 5.41) is 15.7. The fourth-order valence-corrected chi connectivity index (χ4v) is 3.18. The van der Waals surface area contributed by atoms with E-state index in [-0.39, 0.29) is 18.2 Å². The number of pyridine rings is 1. The van der Waals surface area contributed by atoms with Gasteiger partial charge in [-0.05, 0) is 24.3 Å². The number of alkyl halides is 2. The molecule has 0 unspecified atom stereocenters. The average molecular weight is 447 g/mol. The van der Waals surface area contributed by atoms with Crippen LogP contribution in [0.25, 0.3) is 11.0 Å². The van der Waals surface area contributed by atoms with Gasteiger partial charge in [-0.25, -0.2) is 13.8 Å². The number of aliphatic hydroxyl groups excluding tert-OH is 1. The number of aliphatic hydroxyl groups is 1. The lowest BCUT2D eigenvalue weighted by molar-refractivity contribution is -0.0198. The molecule has 10 heteroatoms. The van der Waals surface area contributed by atoms with Crippen LogP contribution < -0.4 is 20.1 Å². The van der Waals surface area contributed by atoms with E-state index in [1.165, 1.54) is 6.92 Å². The number of nitrogens with one attached hydrogen (secondary N) is 2. The summed E-state index contributed by atoms with van der Waals surface area (Å²) < 4.78 is 38.4. The molecule has 32 heavy (non-hydrogen) atoms. The van der Waals surface area contributed by atoms with E-state index in [2.05, 4.69) is 25.6 Å². The molecule has 2 heterocycles. The van der Waals surface area contributed by atoms with Gasteiger partial charge < -0.3 is 25.2 Å². The number of aromatic nitrogens is 3. The van der Waals surface area contributed by atoms with Crippen LogP contribution in [0.5, 0.6) is 11.5 Å². The van der Waals surface area contributed by atoms with Crippen molar-refractivity contribution < 1.29 is 23.4 Å². The van der Waals surface area contributed by atoms with Crippen LogP contribution in [0.1, 0.15) is 25.3 Å². The summed E-state index contributed by atoms with van der Waals surface area (Å²) in [6.45, 7) is 1.29. The highest BCUT2D eigenvalue weighted by Crippen LogP contribution is 2.28. The summed E-state index contributed by atoms with van der Waals surface area (Å²) in [5.41, 5.74) is 1.82. The van der Waals surface area contributed by atoms with Crippen molar-refractivity contribution in [1.29, 1.82) is 0 Å². The van der Waals surface area contributed by atoms with Crippen molar-refractivity contribution in [3.05, 3.63) is 42.1 Å². The Morgan fingerprint density at radius 3 is 2.66 bits per heavy atom. The van der Waals surface area contributed by atoms with Crippen LogP contribution in [0, 0.1) is 0 Å². The van der Waals surface area contributed by atoms with Crippen LogP contribution in [0.15, 0.2) is 36.5 Å². The first-order chi connectivity index (χ1) is 15.4. The Kier molecular flexibility index (Phi) is 7.57. The van der Waals surface area contributed by atoms with Crippen LogP contribution in [-0.4, -0.2) is 52.8 Å². The summed E-state index contributed by atoms with van der Waals surface area (Å²) in [7, 11) is 3.15. The monoisotopic (exact) mass is 447 g/mol. The molecule has 3 N–H and O–H groups in total. The number of nitrogens with zero attached hydrogens (tertiary/aromatic N) is 3. The highest BCUT2D eigenvalue weighted by atomic mass is 19.3. The molecule has 0 aliphatic rings. The number of hydrogen-bond acceptors (Lipinski definition) is 8. The molecule has 3 rings (SSSR count). The Bertz CT molecular complexity index is 1050. The van der Waals surface area contributed by atoms with Crippen molar-refractivity contribution in [3.8, 4) is 11.5 Å². The van der Waals surface area contributed by atoms with Crippen molar-refractivity contribution >= 4 is 22.8 Å². The fraction of sp³-hybridized carbons (Fsp3) is 0.409. The Morgan fingerprint density at radius 1 is 1.16 bits per heavy atom. The number of fused-ring (bicyclic) bond motifs is 1. The number of methoxy groups -OCH3 is 2. The normalized spacial score (nSPS) is 12.4. The van der Waals surface area contributed by atoms with Crippen molar-refractivity contribution in [2.24, 2.45) is 0 Å². The summed E-state index contributed by atoms with van der Waals surface area (Å²) in [4.78, 5) is 13.2. The molecule has 172 valence electrons. The lowest BCUT2D eigenvalue weighted by Gasteiger charge is -2.23. The molecule has 3 aromatic rings. The van der Waals surface area contributed by atoms with Crippen LogP contribution in [0.3, 0.4) is 0 Å². The molecule has 0 saturated carbocycles. The predicted molar refractivity (Wildman–Crippen MR) is 119 cm³/mol. The molecule has 0 radical (unpaired) electrons. The first-order valence-electron chi connectivity index (χ1n) is 10.2. The molecule has 0 spiro atoms. The van der Waals surface area contributed by atoms with E-state index >= 15 is 0 Å². The summed E-state index contributed by atoms with van der Waals surface area (Å²) in [5.74, 6) is -1.04. The lowest BCUT2D eigenvalue weighted by atomic mass is 10.1. The van der Waals surface area contributed by atoms with Gasteiger partial charge in [-0.1, -0.05) is 6.92 Å². The molecule has 2 aromatic heterocycles. The van der Waals surface area contributed by atoms with Crippen molar-refractivity contribution in [2.75, 3.05) is 31.5 Å². The number of anilines is 2. The van der Waals surface area contributed by atoms with Crippen LogP contribution >= 0.6 is 0 Å². The second-order valence-electron chi connectivity index (χ2n) is 7.24. The minimum Gasteiger partial charge on any atom is -0.497 e. The van der Waals surface area contributed by atoms with E-state index in [1.54, 1.807) is 38.6 Å². The first-order valence-corrected chi connectivity index (χ1v) is 10.2. The van der Waals surface area contributed by atoms with Gasteiger partial charge in [-0.3, -0.25) is 4.98 Å². The molecule has 1 atom stereocenters. The maximum absolute atomic E-state index is 13.9. The van der Waals surface area contributed by atoms with Crippen molar-refractivity contribution in [2.45, 2.75) is 38.3 Å². The largest absolute Gasteiger partial charge is 0.497 e. The van der Waals surface area contributed by atoms with E-state index in [1.807, 2.05) is 12.1 Å². The Labute approximate surface area is 185 Å². The molecule has 0 bridgehead atoms. The number of ether oxygens (including phenoxy) is 2. The topological polar surface area (TPSA) is 101 Å². The molecule has 8 nitrogen and oxygen atoms in total. The first kappa shape index (κ1) is 23.4. The average Bonchev–Trinajstić information content (AvgIpc) is 2.82. The fourth-order valence-electron chi connectivity index (χ4n) is 3.18. The van der Waals surface area contributed by atoms with Gasteiger partial charge in [0.2, 0.25) is 11.9 Å². The van der Waals surface area contributed by atoms with Gasteiger partial charge >= 0.3 is 0 Å². The Hall–Kier alpha value is -3.27. The van der Waals surface area contributed by atoms with Gasteiger partial charge in [-0.2, -0.15) is 4.98 Å². The third kappa shape index (κ3) is 5.70. The summed E-state index contributed by atoms with van der Waals surface area (Å²) in [6.07, 6.45) is 0.732. The molecule has 0 saturated heterocycles. The maximum atomic E-state index is 13.9. The summed E-state index contributed by atoms with van der Waals surface area (Å²) in [6, 6.07) is 8.04. The molecule has 0 aliphatic carbocycles. The van der Waals surface area contributed by atoms with E-state index < -0.39 is 25.0 Å². The Balaban J connectivity index is 1.86. The van der Waals surface area contributed by atoms with Gasteiger partial charge in [0.05, 0.1) is 32.4 Å². The van der Waals surface area contributed by atoms with Gasteiger partial charge in [0.25, 0.3) is 0 Å². The number of benzene rings is 1. The van der Waals surface area contributed by atoms with Crippen LogP contribution in [-0.2, 0) is 6.54 Å². The van der Waals surface area contributed by atoms with Crippen molar-refractivity contribution in [3.63, 3.8) is 0 Å². The number of rotatable bonds is 11. The molecule has 0 fully saturated rings. The third-order valence-electron chi connectivity index (χ3n) is 5.01. The highest BCUT2D eigenvalue weighted by Gasteiger charge is 2.30. The van der Waals surface area contributed by atoms with Gasteiger partial charge in [0.1, 0.15) is 17.0 Å². The van der Waals surface area contributed by atoms with Crippen LogP contribution in [0.2, 0.25) is 0 Å². The zero-order chi connectivity index (χ0) is 23.1. The standard InChI is InChI=1S/C22H27F2N5O3/c1-4-22(23,24)11-15(13-30)27-20-19-17(6-5-9-25-19)28-21(29-20)26-12-14-7-8-16(31-2)10-18(14)32-3/h5-10,15,30H,4,11-13H2,1-3H3,(H2,26,27,28,29)/t15-/m1/s1. The van der Waals surface area contributed by atoms with E-state index in [4.69, 9.17) is 9.47 Å². The Morgan fingerprint density at radius 2 is 1.97 bits per heavy atom. The molecular formula is C22H27F2N5O3. The minimum atomic E-state index is -2.90. The lowest BCUT2D eigenvalue weighted by Crippen LogP contribution is -2.32. The molecule has 0 amide bonds. The van der Waals surface area contributed by atoms with Gasteiger partial charge in [0.15, 0.2) is 5.82 Å². The van der Waals surface area contributed by atoms with Gasteiger partial charge in [-0.15, -0.1) is 0 Å². The van der Waals surface area contributed by atoms with E-state index in [0.29, 0.717) is 29.1 Å². The summed E-state index contributed by atoms with van der Waals surface area (Å²) >= 11 is 0. The number of halogens is 2. The highest BCUT2D eigenvalue weighted by molar-refractivity contribution is 5.86. The maximum Gasteiger partial charge on any atom is 0.249 e. The third-order valence-corrected chi connectivity index (χ3v) is 5.01. The zero-order valence-electron chi connectivity index (χ0n) is 18.2. The van der Waals surface area contributed by atoms with Gasteiger partial charge in [0, 0.05) is 37.2 Å². The number of hydrogen-bond donors (Lipinski definition) is 3. The van der Waals surface area contributed by atoms with E-state index in [9.17, 15) is 13.9 Å².